The maximum atomic E-state index is 6.06. The Hall–Kier alpha value is -1.08. The van der Waals surface area contributed by atoms with E-state index in [4.69, 9.17) is 4.74 Å². The maximum Gasteiger partial charge on any atom is 0.0651 e. The second kappa shape index (κ2) is 12.1. The van der Waals surface area contributed by atoms with E-state index < -0.39 is 0 Å². The summed E-state index contributed by atoms with van der Waals surface area (Å²) in [6.07, 6.45) is 28.4. The van der Waals surface area contributed by atoms with Crippen LogP contribution < -0.4 is 0 Å². The van der Waals surface area contributed by atoms with Crippen LogP contribution in [-0.4, -0.2) is 12.7 Å². The van der Waals surface area contributed by atoms with Crippen LogP contribution in [0.3, 0.4) is 0 Å². The van der Waals surface area contributed by atoms with Gasteiger partial charge >= 0.3 is 0 Å². The van der Waals surface area contributed by atoms with Gasteiger partial charge in [0.25, 0.3) is 0 Å². The summed E-state index contributed by atoms with van der Waals surface area (Å²) in [5, 5.41) is 0. The number of fused-ring (bicyclic) bond motifs is 3. The van der Waals surface area contributed by atoms with Crippen LogP contribution in [0.5, 0.6) is 0 Å². The van der Waals surface area contributed by atoms with Crippen LogP contribution in [0.4, 0.5) is 0 Å². The fourth-order valence-electron chi connectivity index (χ4n) is 7.27. The Morgan fingerprint density at radius 2 is 1.45 bits per heavy atom. The van der Waals surface area contributed by atoms with Gasteiger partial charge in [0.2, 0.25) is 0 Å². The smallest absolute Gasteiger partial charge is 0.0651 e. The van der Waals surface area contributed by atoms with Gasteiger partial charge in [0.05, 0.1) is 12.7 Å². The van der Waals surface area contributed by atoms with Crippen molar-refractivity contribution >= 4 is 0 Å². The van der Waals surface area contributed by atoms with Gasteiger partial charge in [-0.3, -0.25) is 0 Å². The van der Waals surface area contributed by atoms with Gasteiger partial charge < -0.3 is 4.74 Å². The lowest BCUT2D eigenvalue weighted by Gasteiger charge is -2.54. The van der Waals surface area contributed by atoms with Crippen molar-refractivity contribution < 1.29 is 4.74 Å². The van der Waals surface area contributed by atoms with Gasteiger partial charge in [-0.15, -0.1) is 0 Å². The molecule has 1 nitrogen and oxygen atoms in total. The molecule has 0 saturated heterocycles. The minimum Gasteiger partial charge on any atom is -0.374 e. The van der Waals surface area contributed by atoms with E-state index in [1.54, 1.807) is 11.1 Å². The first-order chi connectivity index (χ1) is 16.2. The fourth-order valence-corrected chi connectivity index (χ4v) is 7.27. The Labute approximate surface area is 204 Å². The highest BCUT2D eigenvalue weighted by Crippen LogP contribution is 2.59. The lowest BCUT2D eigenvalue weighted by Crippen LogP contribution is -2.44. The maximum absolute atomic E-state index is 6.06. The molecule has 0 aromatic heterocycles. The number of hydrogen-bond acceptors (Lipinski definition) is 1. The Kier molecular flexibility index (Phi) is 9.14. The van der Waals surface area contributed by atoms with Crippen molar-refractivity contribution in [1.82, 2.24) is 0 Å². The summed E-state index contributed by atoms with van der Waals surface area (Å²) in [5.41, 5.74) is 4.44. The van der Waals surface area contributed by atoms with Crippen molar-refractivity contribution in [2.24, 2.45) is 5.41 Å². The molecule has 184 valence electrons. The first kappa shape index (κ1) is 25.0. The SMILES string of the molecule is CC/C=C/CO[C@H]1CC[C@H](c2ccc(C34CCC(CCCCCCC)(CC3)CC4)cc2)CC1. The van der Waals surface area contributed by atoms with Gasteiger partial charge in [-0.1, -0.05) is 82.4 Å². The zero-order valence-corrected chi connectivity index (χ0v) is 21.8. The van der Waals surface area contributed by atoms with Crippen LogP contribution in [-0.2, 0) is 10.2 Å². The third kappa shape index (κ3) is 6.33. The minimum absolute atomic E-state index is 0.470. The molecule has 0 spiro atoms. The number of benzene rings is 1. The van der Waals surface area contributed by atoms with Crippen molar-refractivity contribution in [3.8, 4) is 0 Å². The summed E-state index contributed by atoms with van der Waals surface area (Å²) in [7, 11) is 0. The van der Waals surface area contributed by atoms with E-state index in [9.17, 15) is 0 Å². The molecule has 0 radical (unpaired) electrons. The first-order valence-corrected chi connectivity index (χ1v) is 14.6. The summed E-state index contributed by atoms with van der Waals surface area (Å²) in [6.45, 7) is 5.29. The molecule has 0 unspecified atom stereocenters. The van der Waals surface area contributed by atoms with Crippen molar-refractivity contribution in [2.75, 3.05) is 6.61 Å². The molecule has 4 saturated carbocycles. The van der Waals surface area contributed by atoms with E-state index in [0.29, 0.717) is 16.9 Å². The number of allylic oxidation sites excluding steroid dienone is 1. The van der Waals surface area contributed by atoms with E-state index in [0.717, 1.165) is 18.9 Å². The second-order valence-electron chi connectivity index (χ2n) is 11.8. The summed E-state index contributed by atoms with van der Waals surface area (Å²) < 4.78 is 6.06. The lowest BCUT2D eigenvalue weighted by molar-refractivity contribution is 0.0304. The van der Waals surface area contributed by atoms with E-state index >= 15 is 0 Å². The predicted molar refractivity (Wildman–Crippen MR) is 142 cm³/mol. The minimum atomic E-state index is 0.470. The predicted octanol–water partition coefficient (Wildman–Crippen LogP) is 9.65. The number of ether oxygens (including phenoxy) is 1. The molecule has 5 rings (SSSR count). The van der Waals surface area contributed by atoms with Gasteiger partial charge in [0, 0.05) is 0 Å². The zero-order chi connectivity index (χ0) is 23.0. The average molecular weight is 451 g/mol. The molecule has 0 N–H and O–H groups in total. The number of rotatable bonds is 12. The van der Waals surface area contributed by atoms with Crippen molar-refractivity contribution in [3.63, 3.8) is 0 Å². The quantitative estimate of drug-likeness (QED) is 0.227. The highest BCUT2D eigenvalue weighted by Gasteiger charge is 2.48. The topological polar surface area (TPSA) is 9.23 Å². The second-order valence-corrected chi connectivity index (χ2v) is 11.8. The van der Waals surface area contributed by atoms with Crippen LogP contribution in [0.2, 0.25) is 0 Å². The molecule has 0 amide bonds. The van der Waals surface area contributed by atoms with Crippen LogP contribution in [0.15, 0.2) is 36.4 Å². The van der Waals surface area contributed by atoms with Gasteiger partial charge in [-0.05, 0) is 105 Å². The molecule has 0 heterocycles. The standard InChI is InChI=1S/C32H50O/c1-3-5-7-8-9-19-31-20-23-32(24-21-31,25-22-31)29-15-11-27(12-16-29)28-13-17-30(18-14-28)33-26-10-6-4-2/h6,10-12,15-16,28,30H,3-5,7-9,13-14,17-26H2,1-2H3/b10-6+/t28-,30-,31?,32?. The van der Waals surface area contributed by atoms with E-state index in [1.165, 1.54) is 103 Å². The monoisotopic (exact) mass is 450 g/mol. The van der Waals surface area contributed by atoms with Gasteiger partial charge in [0.1, 0.15) is 0 Å². The Bertz CT molecular complexity index is 697. The average Bonchev–Trinajstić information content (AvgIpc) is 2.88. The summed E-state index contributed by atoms with van der Waals surface area (Å²) in [6, 6.07) is 10.0. The molecule has 4 aliphatic carbocycles. The molecular formula is C32H50O. The lowest BCUT2D eigenvalue weighted by atomic mass is 9.51. The molecule has 33 heavy (non-hydrogen) atoms. The normalized spacial score (nSPS) is 31.9. The third-order valence-electron chi connectivity index (χ3n) is 9.71. The van der Waals surface area contributed by atoms with Crippen molar-refractivity contribution in [2.45, 2.75) is 140 Å². The molecule has 1 aromatic carbocycles. The Morgan fingerprint density at radius 1 is 0.788 bits per heavy atom. The number of unbranched alkanes of at least 4 members (excludes halogenated alkanes) is 4. The highest BCUT2D eigenvalue weighted by atomic mass is 16.5. The molecule has 0 aliphatic heterocycles. The van der Waals surface area contributed by atoms with Crippen molar-refractivity contribution in [3.05, 3.63) is 47.5 Å². The summed E-state index contributed by atoms with van der Waals surface area (Å²) >= 11 is 0. The van der Waals surface area contributed by atoms with Gasteiger partial charge in [-0.2, -0.15) is 0 Å². The van der Waals surface area contributed by atoms with E-state index in [2.05, 4.69) is 50.3 Å². The largest absolute Gasteiger partial charge is 0.374 e. The van der Waals surface area contributed by atoms with Gasteiger partial charge in [0.15, 0.2) is 0 Å². The Balaban J connectivity index is 1.25. The van der Waals surface area contributed by atoms with E-state index in [1.807, 2.05) is 0 Å². The summed E-state index contributed by atoms with van der Waals surface area (Å²) in [4.78, 5) is 0. The van der Waals surface area contributed by atoms with E-state index in [-0.39, 0.29) is 0 Å². The summed E-state index contributed by atoms with van der Waals surface area (Å²) in [5.74, 6) is 0.737. The van der Waals surface area contributed by atoms with Crippen molar-refractivity contribution in [1.29, 1.82) is 0 Å². The molecule has 2 bridgehead atoms. The molecule has 4 aliphatic rings. The molecule has 4 fully saturated rings. The van der Waals surface area contributed by atoms with Crippen LogP contribution >= 0.6 is 0 Å². The molecule has 1 aromatic rings. The zero-order valence-electron chi connectivity index (χ0n) is 21.8. The van der Waals surface area contributed by atoms with Crippen LogP contribution in [0.25, 0.3) is 0 Å². The molecule has 1 heteroatoms. The Morgan fingerprint density at radius 3 is 2.09 bits per heavy atom. The van der Waals surface area contributed by atoms with Crippen LogP contribution in [0.1, 0.15) is 140 Å². The van der Waals surface area contributed by atoms with Gasteiger partial charge in [-0.25, -0.2) is 0 Å². The number of hydrogen-bond donors (Lipinski definition) is 0. The van der Waals surface area contributed by atoms with Crippen LogP contribution in [0, 0.1) is 5.41 Å². The molecular weight excluding hydrogens is 400 g/mol. The fraction of sp³-hybridized carbons (Fsp3) is 0.750. The molecule has 0 atom stereocenters. The third-order valence-corrected chi connectivity index (χ3v) is 9.71. The first-order valence-electron chi connectivity index (χ1n) is 14.6. The highest BCUT2D eigenvalue weighted by molar-refractivity contribution is 5.33.